The average Bonchev–Trinajstić information content (AvgIpc) is 2.95. The summed E-state index contributed by atoms with van der Waals surface area (Å²) in [5.41, 5.74) is -0.0938. The van der Waals surface area contributed by atoms with Gasteiger partial charge in [0, 0.05) is 35.9 Å². The quantitative estimate of drug-likeness (QED) is 0.849. The van der Waals surface area contributed by atoms with E-state index in [-0.39, 0.29) is 5.60 Å². The molecule has 0 aliphatic carbocycles. The molecule has 2 aliphatic heterocycles. The number of hydrogen-bond acceptors (Lipinski definition) is 5. The summed E-state index contributed by atoms with van der Waals surface area (Å²) in [6.07, 6.45) is 2.61. The molecule has 1 aromatic heterocycles. The van der Waals surface area contributed by atoms with E-state index in [0.29, 0.717) is 6.10 Å². The topological polar surface area (TPSA) is 24.9 Å². The zero-order valence-corrected chi connectivity index (χ0v) is 14.8. The van der Waals surface area contributed by atoms with E-state index in [2.05, 4.69) is 43.0 Å². The summed E-state index contributed by atoms with van der Waals surface area (Å²) in [7, 11) is 4.23. The van der Waals surface area contributed by atoms with E-state index >= 15 is 0 Å². The van der Waals surface area contributed by atoms with Gasteiger partial charge in [-0.25, -0.2) is 0 Å². The molecule has 0 unspecified atom stereocenters. The molecule has 22 heavy (non-hydrogen) atoms. The fourth-order valence-electron chi connectivity index (χ4n) is 3.56. The fraction of sp³-hybridized carbons (Fsp3) is 0.765. The van der Waals surface area contributed by atoms with Crippen LogP contribution in [0.2, 0.25) is 0 Å². The second kappa shape index (κ2) is 6.97. The normalized spacial score (nSPS) is 30.3. The molecule has 1 spiro atoms. The first-order valence-electron chi connectivity index (χ1n) is 8.23. The van der Waals surface area contributed by atoms with Crippen molar-refractivity contribution in [2.75, 3.05) is 46.9 Å². The van der Waals surface area contributed by atoms with Gasteiger partial charge < -0.3 is 14.4 Å². The van der Waals surface area contributed by atoms with Gasteiger partial charge in [-0.3, -0.25) is 4.90 Å². The van der Waals surface area contributed by atoms with Gasteiger partial charge in [0.05, 0.1) is 19.3 Å². The second-order valence-corrected chi connectivity index (χ2v) is 8.37. The van der Waals surface area contributed by atoms with Crippen LogP contribution in [0.15, 0.2) is 12.1 Å². The number of ether oxygens (including phenoxy) is 2. The molecule has 0 aromatic carbocycles. The fourth-order valence-corrected chi connectivity index (χ4v) is 4.50. The highest BCUT2D eigenvalue weighted by atomic mass is 32.1. The minimum Gasteiger partial charge on any atom is -0.377 e. The van der Waals surface area contributed by atoms with Gasteiger partial charge in [0.2, 0.25) is 0 Å². The van der Waals surface area contributed by atoms with E-state index < -0.39 is 0 Å². The smallest absolute Gasteiger partial charge is 0.105 e. The molecule has 2 saturated heterocycles. The van der Waals surface area contributed by atoms with Crippen LogP contribution >= 0.6 is 11.3 Å². The number of hydrogen-bond donors (Lipinski definition) is 0. The third kappa shape index (κ3) is 4.09. The Morgan fingerprint density at radius 1 is 1.41 bits per heavy atom. The highest BCUT2D eigenvalue weighted by molar-refractivity contribution is 7.11. The van der Waals surface area contributed by atoms with Crippen LogP contribution in [0.1, 0.15) is 22.6 Å². The lowest BCUT2D eigenvalue weighted by Gasteiger charge is -2.32. The first-order valence-corrected chi connectivity index (χ1v) is 9.04. The summed E-state index contributed by atoms with van der Waals surface area (Å²) in [5, 5.41) is 0. The van der Waals surface area contributed by atoms with Crippen molar-refractivity contribution in [2.24, 2.45) is 0 Å². The Morgan fingerprint density at radius 3 is 3.00 bits per heavy atom. The zero-order chi connectivity index (χ0) is 15.6. The third-order valence-corrected chi connectivity index (χ3v) is 5.50. The minimum atomic E-state index is -0.0938. The lowest BCUT2D eigenvalue weighted by atomic mass is 10.00. The second-order valence-electron chi connectivity index (χ2n) is 7.00. The molecule has 0 amide bonds. The molecule has 1 aromatic rings. The highest BCUT2D eigenvalue weighted by Crippen LogP contribution is 2.34. The van der Waals surface area contributed by atoms with Crippen molar-refractivity contribution in [3.05, 3.63) is 21.9 Å². The average molecular weight is 324 g/mol. The predicted octanol–water partition coefficient (Wildman–Crippen LogP) is 2.37. The number of nitrogens with zero attached hydrogens (tertiary/aromatic N) is 2. The summed E-state index contributed by atoms with van der Waals surface area (Å²) >= 11 is 1.90. The van der Waals surface area contributed by atoms with Crippen LogP contribution in [-0.2, 0) is 16.0 Å². The van der Waals surface area contributed by atoms with Crippen molar-refractivity contribution in [1.29, 1.82) is 0 Å². The van der Waals surface area contributed by atoms with Crippen LogP contribution in [0.4, 0.5) is 0 Å². The maximum absolute atomic E-state index is 6.45. The Balaban J connectivity index is 1.62. The Bertz CT molecular complexity index is 491. The van der Waals surface area contributed by atoms with Crippen molar-refractivity contribution < 1.29 is 9.47 Å². The summed E-state index contributed by atoms with van der Waals surface area (Å²) in [6, 6.07) is 4.46. The van der Waals surface area contributed by atoms with E-state index in [0.717, 1.165) is 52.2 Å². The Kier molecular flexibility index (Phi) is 5.20. The standard InChI is InChI=1S/C17H28N2O2S/c1-14-4-5-16(22-14)11-19-8-9-20-13-17(12-19)7-6-15(21-17)10-18(2)3/h4-5,15H,6-13H2,1-3H3/t15-,17-/m0/s1. The predicted molar refractivity (Wildman–Crippen MR) is 90.5 cm³/mol. The van der Waals surface area contributed by atoms with Gasteiger partial charge in [0.1, 0.15) is 5.60 Å². The molecule has 0 N–H and O–H groups in total. The Morgan fingerprint density at radius 2 is 2.27 bits per heavy atom. The van der Waals surface area contributed by atoms with Crippen LogP contribution < -0.4 is 0 Å². The lowest BCUT2D eigenvalue weighted by molar-refractivity contribution is -0.0901. The molecule has 5 heteroatoms. The van der Waals surface area contributed by atoms with Crippen molar-refractivity contribution in [3.8, 4) is 0 Å². The summed E-state index contributed by atoms with van der Waals surface area (Å²) in [5.74, 6) is 0. The first-order chi connectivity index (χ1) is 10.5. The molecule has 3 rings (SSSR count). The summed E-state index contributed by atoms with van der Waals surface area (Å²) in [4.78, 5) is 7.56. The molecule has 124 valence electrons. The molecule has 0 saturated carbocycles. The zero-order valence-electron chi connectivity index (χ0n) is 14.0. The molecule has 0 radical (unpaired) electrons. The lowest BCUT2D eigenvalue weighted by Crippen LogP contribution is -2.44. The van der Waals surface area contributed by atoms with Crippen LogP contribution in [0.5, 0.6) is 0 Å². The minimum absolute atomic E-state index is 0.0938. The van der Waals surface area contributed by atoms with Gasteiger partial charge in [-0.2, -0.15) is 0 Å². The van der Waals surface area contributed by atoms with Gasteiger partial charge >= 0.3 is 0 Å². The van der Waals surface area contributed by atoms with Gasteiger partial charge in [-0.15, -0.1) is 11.3 Å². The first kappa shape index (κ1) is 16.4. The van der Waals surface area contributed by atoms with Crippen LogP contribution in [-0.4, -0.2) is 68.4 Å². The largest absolute Gasteiger partial charge is 0.377 e. The molecule has 0 bridgehead atoms. The maximum Gasteiger partial charge on any atom is 0.105 e. The van der Waals surface area contributed by atoms with E-state index in [1.54, 1.807) is 0 Å². The van der Waals surface area contributed by atoms with Gasteiger partial charge in [-0.1, -0.05) is 0 Å². The molecule has 2 fully saturated rings. The van der Waals surface area contributed by atoms with E-state index in [9.17, 15) is 0 Å². The van der Waals surface area contributed by atoms with E-state index in [1.165, 1.54) is 9.75 Å². The number of likely N-dealkylation sites (N-methyl/N-ethyl adjacent to an activating group) is 1. The van der Waals surface area contributed by atoms with Gasteiger partial charge in [0.15, 0.2) is 0 Å². The number of thiophene rings is 1. The summed E-state index contributed by atoms with van der Waals surface area (Å²) in [6.45, 7) is 7.75. The monoisotopic (exact) mass is 324 g/mol. The SMILES string of the molecule is Cc1ccc(CN2CCOC[C@]3(CC[C@@H](CN(C)C)O3)C2)s1. The van der Waals surface area contributed by atoms with Crippen LogP contribution in [0.3, 0.4) is 0 Å². The Labute approximate surface area is 138 Å². The number of rotatable bonds is 4. The van der Waals surface area contributed by atoms with Crippen molar-refractivity contribution in [3.63, 3.8) is 0 Å². The molecule has 2 aliphatic rings. The third-order valence-electron chi connectivity index (χ3n) is 4.51. The highest BCUT2D eigenvalue weighted by Gasteiger charge is 2.43. The van der Waals surface area contributed by atoms with Gasteiger partial charge in [-0.05, 0) is 46.0 Å². The molecule has 2 atom stereocenters. The molecule has 3 heterocycles. The van der Waals surface area contributed by atoms with Gasteiger partial charge in [0.25, 0.3) is 0 Å². The number of aryl methyl sites for hydroxylation is 1. The summed E-state index contributed by atoms with van der Waals surface area (Å²) < 4.78 is 12.3. The molecule has 4 nitrogen and oxygen atoms in total. The maximum atomic E-state index is 6.45. The Hall–Kier alpha value is -0.460. The van der Waals surface area contributed by atoms with Crippen LogP contribution in [0.25, 0.3) is 0 Å². The van der Waals surface area contributed by atoms with Crippen molar-refractivity contribution in [2.45, 2.75) is 38.0 Å². The molecular weight excluding hydrogens is 296 g/mol. The molecular formula is C17H28N2O2S. The van der Waals surface area contributed by atoms with Crippen molar-refractivity contribution in [1.82, 2.24) is 9.80 Å². The van der Waals surface area contributed by atoms with Crippen LogP contribution in [0, 0.1) is 6.92 Å². The van der Waals surface area contributed by atoms with Crippen molar-refractivity contribution >= 4 is 11.3 Å². The van der Waals surface area contributed by atoms with E-state index in [4.69, 9.17) is 9.47 Å². The van der Waals surface area contributed by atoms with E-state index in [1.807, 2.05) is 11.3 Å².